The van der Waals surface area contributed by atoms with Crippen molar-refractivity contribution in [3.63, 3.8) is 0 Å². The summed E-state index contributed by atoms with van der Waals surface area (Å²) in [6.45, 7) is 1.15. The first-order valence-corrected chi connectivity index (χ1v) is 7.48. The predicted molar refractivity (Wildman–Crippen MR) is 63.6 cm³/mol. The van der Waals surface area contributed by atoms with Crippen molar-refractivity contribution < 1.29 is 18.3 Å². The average molecular weight is 279 g/mol. The molecule has 0 fully saturated rings. The van der Waals surface area contributed by atoms with Gasteiger partial charge in [-0.1, -0.05) is 0 Å². The molecule has 9 heteroatoms. The monoisotopic (exact) mass is 279 g/mol. The second-order valence-corrected chi connectivity index (χ2v) is 5.98. The molecule has 1 aromatic heterocycles. The molecule has 0 amide bonds. The molecule has 0 aromatic carbocycles. The zero-order valence-electron chi connectivity index (χ0n) is 9.13. The van der Waals surface area contributed by atoms with Gasteiger partial charge in [-0.05, 0) is 0 Å². The predicted octanol–water partition coefficient (Wildman–Crippen LogP) is -0.520. The van der Waals surface area contributed by atoms with Crippen LogP contribution in [0.4, 0.5) is 0 Å². The molecule has 1 aromatic rings. The summed E-state index contributed by atoms with van der Waals surface area (Å²) in [6, 6.07) is 0. The first-order valence-electron chi connectivity index (χ1n) is 4.71. The molecule has 0 unspecified atom stereocenters. The van der Waals surface area contributed by atoms with Crippen LogP contribution in [0.3, 0.4) is 0 Å². The number of carboxylic acid groups (broad SMARTS) is 1. The number of hydrogen-bond donors (Lipinski definition) is 3. The minimum Gasteiger partial charge on any atom is -0.476 e. The lowest BCUT2D eigenvalue weighted by Gasteiger charge is -2.03. The van der Waals surface area contributed by atoms with E-state index in [9.17, 15) is 13.2 Å². The molecular weight excluding hydrogens is 266 g/mol. The number of nitrogens with zero attached hydrogens (tertiary/aromatic N) is 1. The van der Waals surface area contributed by atoms with Crippen LogP contribution < -0.4 is 10.0 Å². The van der Waals surface area contributed by atoms with Gasteiger partial charge in [0.15, 0.2) is 0 Å². The number of carbonyl (C=O) groups is 1. The molecule has 0 aliphatic heterocycles. The summed E-state index contributed by atoms with van der Waals surface area (Å²) in [5, 5.41) is 13.3. The lowest BCUT2D eigenvalue weighted by Crippen LogP contribution is -2.30. The van der Waals surface area contributed by atoms with Gasteiger partial charge in [0.1, 0.15) is 0 Å². The van der Waals surface area contributed by atoms with Crippen LogP contribution in [0.2, 0.25) is 0 Å². The zero-order valence-corrected chi connectivity index (χ0v) is 10.8. The summed E-state index contributed by atoms with van der Waals surface area (Å²) in [5.41, 5.74) is 0.631. The van der Waals surface area contributed by atoms with Gasteiger partial charge in [-0.25, -0.2) is 22.9 Å². The molecule has 0 atom stereocenters. The van der Waals surface area contributed by atoms with Crippen LogP contribution in [0, 0.1) is 0 Å². The highest BCUT2D eigenvalue weighted by Gasteiger charge is 2.08. The van der Waals surface area contributed by atoms with Gasteiger partial charge in [0.05, 0.1) is 11.9 Å². The standard InChI is InChI=1S/C8H13N3O4S2/c1-17(14,15)10-3-2-9-4-6-5-16-7(11-6)8(12)13/h5,9-10H,2-4H2,1H3,(H,12,13). The third-order valence-corrected chi connectivity index (χ3v) is 3.31. The molecule has 0 spiro atoms. The Kier molecular flexibility index (Phi) is 5.00. The van der Waals surface area contributed by atoms with E-state index in [0.29, 0.717) is 18.8 Å². The molecular formula is C8H13N3O4S2. The summed E-state index contributed by atoms with van der Waals surface area (Å²) in [6.07, 6.45) is 1.09. The quantitative estimate of drug-likeness (QED) is 0.580. The van der Waals surface area contributed by atoms with Crippen LogP contribution in [0.15, 0.2) is 5.38 Å². The Morgan fingerprint density at radius 3 is 2.76 bits per heavy atom. The van der Waals surface area contributed by atoms with Gasteiger partial charge >= 0.3 is 5.97 Å². The maximum absolute atomic E-state index is 10.7. The Hall–Kier alpha value is -1.03. The number of sulfonamides is 1. The van der Waals surface area contributed by atoms with Gasteiger partial charge in [-0.3, -0.25) is 0 Å². The number of aromatic carboxylic acids is 1. The fourth-order valence-corrected chi connectivity index (χ4v) is 2.16. The molecule has 0 aliphatic rings. The van der Waals surface area contributed by atoms with Gasteiger partial charge < -0.3 is 10.4 Å². The highest BCUT2D eigenvalue weighted by atomic mass is 32.2. The van der Waals surface area contributed by atoms with Crippen molar-refractivity contribution in [2.45, 2.75) is 6.54 Å². The van der Waals surface area contributed by atoms with Crippen molar-refractivity contribution in [2.24, 2.45) is 0 Å². The van der Waals surface area contributed by atoms with Crippen LogP contribution >= 0.6 is 11.3 Å². The van der Waals surface area contributed by atoms with E-state index in [1.165, 1.54) is 0 Å². The molecule has 0 saturated carbocycles. The fourth-order valence-electron chi connectivity index (χ4n) is 1.03. The van der Waals surface area contributed by atoms with Gasteiger partial charge in [0, 0.05) is 25.0 Å². The van der Waals surface area contributed by atoms with Gasteiger partial charge in [-0.2, -0.15) is 0 Å². The smallest absolute Gasteiger partial charge is 0.365 e. The molecule has 0 bridgehead atoms. The summed E-state index contributed by atoms with van der Waals surface area (Å²) in [4.78, 5) is 14.4. The Labute approximate surface area is 103 Å². The molecule has 7 nitrogen and oxygen atoms in total. The van der Waals surface area contributed by atoms with Crippen molar-refractivity contribution in [3.8, 4) is 0 Å². The normalized spacial score (nSPS) is 11.6. The second-order valence-electron chi connectivity index (χ2n) is 3.29. The number of thiazole rings is 1. The van der Waals surface area contributed by atoms with E-state index in [1.807, 2.05) is 0 Å². The molecule has 0 saturated heterocycles. The summed E-state index contributed by atoms with van der Waals surface area (Å²) in [7, 11) is -3.16. The fraction of sp³-hybridized carbons (Fsp3) is 0.500. The van der Waals surface area contributed by atoms with Crippen LogP contribution in [-0.4, -0.2) is 43.8 Å². The van der Waals surface area contributed by atoms with Crippen molar-refractivity contribution in [1.29, 1.82) is 0 Å². The Balaban J connectivity index is 2.24. The average Bonchev–Trinajstić information content (AvgIpc) is 2.64. The third-order valence-electron chi connectivity index (χ3n) is 1.71. The zero-order chi connectivity index (χ0) is 12.9. The minimum atomic E-state index is -3.16. The molecule has 3 N–H and O–H groups in total. The summed E-state index contributed by atoms with van der Waals surface area (Å²) in [5.74, 6) is -1.04. The van der Waals surface area contributed by atoms with Gasteiger partial charge in [0.25, 0.3) is 0 Å². The Morgan fingerprint density at radius 2 is 2.24 bits per heavy atom. The number of nitrogens with one attached hydrogen (secondary N) is 2. The lowest BCUT2D eigenvalue weighted by atomic mass is 10.4. The van der Waals surface area contributed by atoms with Crippen molar-refractivity contribution in [1.82, 2.24) is 15.0 Å². The highest BCUT2D eigenvalue weighted by molar-refractivity contribution is 7.88. The maximum Gasteiger partial charge on any atom is 0.365 e. The SMILES string of the molecule is CS(=O)(=O)NCCNCc1csc(C(=O)O)n1. The van der Waals surface area contributed by atoms with E-state index in [4.69, 9.17) is 5.11 Å². The van der Waals surface area contributed by atoms with E-state index < -0.39 is 16.0 Å². The molecule has 1 heterocycles. The topological polar surface area (TPSA) is 108 Å². The van der Waals surface area contributed by atoms with Gasteiger partial charge in [-0.15, -0.1) is 11.3 Å². The van der Waals surface area contributed by atoms with Crippen molar-refractivity contribution in [3.05, 3.63) is 16.1 Å². The first-order chi connectivity index (χ1) is 7.88. The van der Waals surface area contributed by atoms with Crippen LogP contribution in [0.5, 0.6) is 0 Å². The number of carboxylic acids is 1. The maximum atomic E-state index is 10.7. The molecule has 17 heavy (non-hydrogen) atoms. The van der Waals surface area contributed by atoms with E-state index >= 15 is 0 Å². The van der Waals surface area contributed by atoms with E-state index in [0.717, 1.165) is 17.6 Å². The summed E-state index contributed by atoms with van der Waals surface area (Å²) >= 11 is 1.06. The van der Waals surface area contributed by atoms with Crippen molar-refractivity contribution in [2.75, 3.05) is 19.3 Å². The molecule has 96 valence electrons. The lowest BCUT2D eigenvalue weighted by molar-refractivity contribution is 0.0696. The van der Waals surface area contributed by atoms with E-state index in [2.05, 4.69) is 15.0 Å². The number of aromatic nitrogens is 1. The van der Waals surface area contributed by atoms with E-state index in [1.54, 1.807) is 5.38 Å². The van der Waals surface area contributed by atoms with Crippen molar-refractivity contribution >= 4 is 27.3 Å². The Morgan fingerprint density at radius 1 is 1.53 bits per heavy atom. The Bertz CT molecular complexity index is 483. The van der Waals surface area contributed by atoms with E-state index in [-0.39, 0.29) is 11.6 Å². The largest absolute Gasteiger partial charge is 0.476 e. The van der Waals surface area contributed by atoms with Crippen LogP contribution in [-0.2, 0) is 16.6 Å². The van der Waals surface area contributed by atoms with Crippen LogP contribution in [0.25, 0.3) is 0 Å². The molecule has 1 rings (SSSR count). The minimum absolute atomic E-state index is 0.0519. The van der Waals surface area contributed by atoms with Crippen LogP contribution in [0.1, 0.15) is 15.5 Å². The molecule has 0 aliphatic carbocycles. The first kappa shape index (κ1) is 14.0. The second kappa shape index (κ2) is 6.05. The third kappa shape index (κ3) is 5.73. The van der Waals surface area contributed by atoms with Gasteiger partial charge in [0.2, 0.25) is 15.0 Å². The number of hydrogen-bond acceptors (Lipinski definition) is 6. The molecule has 0 radical (unpaired) electrons. The highest BCUT2D eigenvalue weighted by Crippen LogP contribution is 2.08. The number of rotatable bonds is 7. The summed E-state index contributed by atoms with van der Waals surface area (Å²) < 4.78 is 23.8.